The fourth-order valence-electron chi connectivity index (χ4n) is 4.04. The molecule has 40 heavy (non-hydrogen) atoms. The number of amides is 1. The van der Waals surface area contributed by atoms with Gasteiger partial charge in [-0.1, -0.05) is 13.8 Å². The summed E-state index contributed by atoms with van der Waals surface area (Å²) in [5.74, 6) is -4.36. The van der Waals surface area contributed by atoms with E-state index in [1.165, 1.54) is 39.3 Å². The Labute approximate surface area is 232 Å². The van der Waals surface area contributed by atoms with Gasteiger partial charge in [-0.3, -0.25) is 18.9 Å². The van der Waals surface area contributed by atoms with Gasteiger partial charge in [-0.15, -0.1) is 0 Å². The van der Waals surface area contributed by atoms with Gasteiger partial charge in [0.05, 0.1) is 28.7 Å². The summed E-state index contributed by atoms with van der Waals surface area (Å²) in [6.45, 7) is 6.01. The van der Waals surface area contributed by atoms with Crippen molar-refractivity contribution >= 4 is 38.0 Å². The number of hydrogen-bond donors (Lipinski definition) is 4. The van der Waals surface area contributed by atoms with E-state index >= 15 is 0 Å². The highest BCUT2D eigenvalue weighted by Crippen LogP contribution is 2.42. The van der Waals surface area contributed by atoms with E-state index in [0.717, 1.165) is 0 Å². The van der Waals surface area contributed by atoms with Crippen molar-refractivity contribution in [3.63, 3.8) is 0 Å². The molecule has 0 aliphatic carbocycles. The molecule has 3 atom stereocenters. The fraction of sp³-hybridized carbons (Fsp3) is 0.864. The molecule has 0 aliphatic rings. The van der Waals surface area contributed by atoms with Crippen LogP contribution < -0.4 is 10.0 Å². The lowest BCUT2D eigenvalue weighted by Crippen LogP contribution is -2.51. The molecular formula is C22H39F3N2O11S2. The summed E-state index contributed by atoms with van der Waals surface area (Å²) in [4.78, 5) is 38.8. The van der Waals surface area contributed by atoms with E-state index in [1.54, 1.807) is 6.92 Å². The van der Waals surface area contributed by atoms with Crippen molar-refractivity contribution in [3.8, 4) is 0 Å². The third-order valence-corrected chi connectivity index (χ3v) is 8.29. The van der Waals surface area contributed by atoms with Crippen LogP contribution in [0.4, 0.5) is 13.2 Å². The molecule has 4 N–H and O–H groups in total. The van der Waals surface area contributed by atoms with Gasteiger partial charge in [0.2, 0.25) is 5.91 Å². The number of alkyl halides is 3. The molecule has 18 heteroatoms. The van der Waals surface area contributed by atoms with Crippen LogP contribution in [-0.4, -0.2) is 87.5 Å². The maximum Gasteiger partial charge on any atom is 0.511 e. The van der Waals surface area contributed by atoms with Crippen LogP contribution in [0.25, 0.3) is 0 Å². The summed E-state index contributed by atoms with van der Waals surface area (Å²) < 4.78 is 103. The van der Waals surface area contributed by atoms with Crippen LogP contribution in [0.1, 0.15) is 60.8 Å². The van der Waals surface area contributed by atoms with E-state index in [1.807, 2.05) is 0 Å². The predicted octanol–water partition coefficient (Wildman–Crippen LogP) is 1.13. The first-order chi connectivity index (χ1) is 17.8. The third kappa shape index (κ3) is 12.2. The summed E-state index contributed by atoms with van der Waals surface area (Å²) in [6.07, 6.45) is -0.440. The Kier molecular flexibility index (Phi) is 13.5. The number of aliphatic hydroxyl groups excluding tert-OH is 1. The van der Waals surface area contributed by atoms with Crippen LogP contribution in [0, 0.1) is 16.7 Å². The lowest BCUT2D eigenvalue weighted by molar-refractivity contribution is -0.165. The Morgan fingerprint density at radius 2 is 1.43 bits per heavy atom. The normalized spacial score (nSPS) is 16.8. The van der Waals surface area contributed by atoms with Crippen molar-refractivity contribution in [2.45, 2.75) is 71.9 Å². The lowest BCUT2D eigenvalue weighted by atomic mass is 9.68. The van der Waals surface area contributed by atoms with Crippen molar-refractivity contribution in [2.75, 3.05) is 32.1 Å². The molecule has 0 saturated heterocycles. The van der Waals surface area contributed by atoms with Gasteiger partial charge >= 0.3 is 27.5 Å². The largest absolute Gasteiger partial charge is 0.511 e. The lowest BCUT2D eigenvalue weighted by Gasteiger charge is -2.37. The zero-order chi connectivity index (χ0) is 31.8. The average molecular weight is 629 g/mol. The molecule has 0 rings (SSSR count). The summed E-state index contributed by atoms with van der Waals surface area (Å²) in [6, 6.07) is 0. The first-order valence-electron chi connectivity index (χ1n) is 12.1. The molecule has 0 aromatic carbocycles. The highest BCUT2D eigenvalue weighted by molar-refractivity contribution is 7.90. The quantitative estimate of drug-likeness (QED) is 0.102. The monoisotopic (exact) mass is 628 g/mol. The molecule has 0 radical (unpaired) electrons. The first-order valence-corrected chi connectivity index (χ1v) is 15.2. The molecule has 0 heterocycles. The second-order valence-electron chi connectivity index (χ2n) is 10.7. The van der Waals surface area contributed by atoms with E-state index in [4.69, 9.17) is 19.1 Å². The summed E-state index contributed by atoms with van der Waals surface area (Å²) in [5.41, 5.74) is -9.98. The highest BCUT2D eigenvalue weighted by Gasteiger charge is 2.48. The standard InChI is InChI=1S/C22H39F3N2O11S2/c1-7-20(5,17(30)38-11-9-28)13-21(6,18(31)37-10-8-26-40(35,36)22(23,24)25)12-15(2)16(29)27-19(3,4)14-39(32,33)34/h15,26,28H,7-14H2,1-6H3,(H,27,29)(H,32,33,34). The molecule has 0 aliphatic heterocycles. The van der Waals surface area contributed by atoms with E-state index in [0.29, 0.717) is 0 Å². The van der Waals surface area contributed by atoms with Crippen molar-refractivity contribution < 1.29 is 63.5 Å². The average Bonchev–Trinajstić information content (AvgIpc) is 2.76. The molecule has 0 aromatic rings. The number of nitrogens with one attached hydrogen (secondary N) is 2. The van der Waals surface area contributed by atoms with Crippen molar-refractivity contribution in [2.24, 2.45) is 16.7 Å². The van der Waals surface area contributed by atoms with Crippen molar-refractivity contribution in [1.29, 1.82) is 0 Å². The van der Waals surface area contributed by atoms with E-state index in [2.05, 4.69) is 5.32 Å². The van der Waals surface area contributed by atoms with Crippen LogP contribution in [0.3, 0.4) is 0 Å². The second kappa shape index (κ2) is 14.2. The molecule has 0 saturated carbocycles. The second-order valence-corrected chi connectivity index (χ2v) is 13.9. The Morgan fingerprint density at radius 3 is 1.88 bits per heavy atom. The number of carbonyl (C=O) groups excluding carboxylic acids is 3. The summed E-state index contributed by atoms with van der Waals surface area (Å²) >= 11 is 0. The molecule has 0 aromatic heterocycles. The molecule has 0 fully saturated rings. The SMILES string of the molecule is CCC(C)(CC(C)(CC(C)C(=O)NC(C)(C)CS(=O)(=O)O)C(=O)OCCNS(=O)(=O)C(F)(F)F)C(=O)OCCO. The minimum absolute atomic E-state index is 0.132. The van der Waals surface area contributed by atoms with Crippen LogP contribution in [0.15, 0.2) is 0 Å². The number of carbonyl (C=O) groups is 3. The number of rotatable bonds is 17. The Hall–Kier alpha value is -2.02. The molecule has 3 unspecified atom stereocenters. The van der Waals surface area contributed by atoms with Gasteiger partial charge in [0, 0.05) is 12.5 Å². The Balaban J connectivity index is 5.96. The number of halogens is 3. The number of aliphatic hydroxyl groups is 1. The molecule has 0 spiro atoms. The van der Waals surface area contributed by atoms with Crippen LogP contribution in [0.5, 0.6) is 0 Å². The number of hydrogen-bond acceptors (Lipinski definition) is 10. The highest BCUT2D eigenvalue weighted by atomic mass is 32.2. The minimum Gasteiger partial charge on any atom is -0.464 e. The molecule has 13 nitrogen and oxygen atoms in total. The van der Waals surface area contributed by atoms with Crippen LogP contribution in [-0.2, 0) is 44.0 Å². The number of esters is 2. The first kappa shape index (κ1) is 38.0. The minimum atomic E-state index is -5.68. The van der Waals surface area contributed by atoms with Gasteiger partial charge < -0.3 is 19.9 Å². The maximum atomic E-state index is 13.2. The van der Waals surface area contributed by atoms with Crippen molar-refractivity contribution in [1.82, 2.24) is 10.0 Å². The van der Waals surface area contributed by atoms with Gasteiger partial charge in [0.1, 0.15) is 13.2 Å². The third-order valence-electron chi connectivity index (χ3n) is 6.01. The molecular weight excluding hydrogens is 589 g/mol. The smallest absolute Gasteiger partial charge is 0.464 e. The van der Waals surface area contributed by atoms with Gasteiger partial charge in [-0.2, -0.15) is 21.6 Å². The van der Waals surface area contributed by atoms with E-state index in [9.17, 15) is 44.4 Å². The molecule has 1 amide bonds. The zero-order valence-electron chi connectivity index (χ0n) is 23.3. The summed E-state index contributed by atoms with van der Waals surface area (Å²) in [5, 5.41) is 11.4. The number of ether oxygens (including phenoxy) is 2. The van der Waals surface area contributed by atoms with Crippen LogP contribution in [0.2, 0.25) is 0 Å². The van der Waals surface area contributed by atoms with Gasteiger partial charge in [-0.25, -0.2) is 13.1 Å². The number of sulfonamides is 1. The predicted molar refractivity (Wildman–Crippen MR) is 136 cm³/mol. The zero-order valence-corrected chi connectivity index (χ0v) is 24.9. The fourth-order valence-corrected chi connectivity index (χ4v) is 5.54. The summed E-state index contributed by atoms with van der Waals surface area (Å²) in [7, 11) is -10.1. The van der Waals surface area contributed by atoms with Gasteiger partial charge in [0.15, 0.2) is 0 Å². The molecule has 0 bridgehead atoms. The van der Waals surface area contributed by atoms with Crippen LogP contribution >= 0.6 is 0 Å². The van der Waals surface area contributed by atoms with Crippen molar-refractivity contribution in [3.05, 3.63) is 0 Å². The Bertz CT molecular complexity index is 1110. The van der Waals surface area contributed by atoms with E-state index in [-0.39, 0.29) is 25.9 Å². The topological polar surface area (TPSA) is 202 Å². The van der Waals surface area contributed by atoms with E-state index < -0.39 is 91.3 Å². The Morgan fingerprint density at radius 1 is 0.925 bits per heavy atom. The maximum absolute atomic E-state index is 13.2. The van der Waals surface area contributed by atoms with Gasteiger partial charge in [0.25, 0.3) is 10.1 Å². The van der Waals surface area contributed by atoms with Gasteiger partial charge in [-0.05, 0) is 47.0 Å². The molecule has 236 valence electrons.